The van der Waals surface area contributed by atoms with Crippen molar-refractivity contribution in [2.24, 2.45) is 0 Å². The summed E-state index contributed by atoms with van der Waals surface area (Å²) >= 11 is 7.60. The van der Waals surface area contributed by atoms with Crippen LogP contribution in [0.3, 0.4) is 0 Å². The maximum absolute atomic E-state index is 12.6. The highest BCUT2D eigenvalue weighted by Crippen LogP contribution is 2.28. The third kappa shape index (κ3) is 4.54. The Kier molecular flexibility index (Phi) is 6.20. The number of thioether (sulfide) groups is 1. The Balaban J connectivity index is 1.23. The molecule has 0 atom stereocenters. The first-order valence-electron chi connectivity index (χ1n) is 10.8. The molecule has 1 aliphatic rings. The van der Waals surface area contributed by atoms with Crippen LogP contribution in [0.1, 0.15) is 28.9 Å². The van der Waals surface area contributed by atoms with Crippen molar-refractivity contribution in [1.29, 1.82) is 0 Å². The number of hydrogen-bond acceptors (Lipinski definition) is 5. The summed E-state index contributed by atoms with van der Waals surface area (Å²) in [6.07, 6.45) is 4.76. The third-order valence-corrected chi connectivity index (χ3v) is 7.10. The summed E-state index contributed by atoms with van der Waals surface area (Å²) in [5.74, 6) is 0.164. The number of nitrogens with one attached hydrogen (secondary N) is 1. The van der Waals surface area contributed by atoms with Crippen molar-refractivity contribution < 1.29 is 4.79 Å². The van der Waals surface area contributed by atoms with Gasteiger partial charge in [0.05, 0.1) is 29.4 Å². The van der Waals surface area contributed by atoms with Gasteiger partial charge in [0.1, 0.15) is 6.33 Å². The van der Waals surface area contributed by atoms with Crippen LogP contribution in [-0.2, 0) is 24.2 Å². The Hall–Kier alpha value is -3.10. The second-order valence-electron chi connectivity index (χ2n) is 7.96. The van der Waals surface area contributed by atoms with E-state index in [1.54, 1.807) is 6.33 Å². The van der Waals surface area contributed by atoms with Crippen molar-refractivity contribution in [1.82, 2.24) is 29.9 Å². The number of aryl methyl sites for hydroxylation is 1. The lowest BCUT2D eigenvalue weighted by molar-refractivity contribution is -0.118. The predicted octanol–water partition coefficient (Wildman–Crippen LogP) is 4.31. The molecule has 0 saturated carbocycles. The zero-order valence-corrected chi connectivity index (χ0v) is 19.7. The highest BCUT2D eigenvalue weighted by molar-refractivity contribution is 7.99. The topological polar surface area (TPSA) is 77.6 Å². The van der Waals surface area contributed by atoms with Gasteiger partial charge < -0.3 is 5.32 Å². The van der Waals surface area contributed by atoms with E-state index in [9.17, 15) is 4.79 Å². The second-order valence-corrected chi connectivity index (χ2v) is 9.30. The molecule has 2 aromatic carbocycles. The summed E-state index contributed by atoms with van der Waals surface area (Å²) in [6.45, 7) is 2.37. The number of fused-ring (bicyclic) bond motifs is 1. The molecule has 0 radical (unpaired) electrons. The molecule has 0 fully saturated rings. The zero-order valence-electron chi connectivity index (χ0n) is 18.2. The molecule has 1 amide bonds. The number of carbonyl (C=O) groups is 1. The Labute approximate surface area is 201 Å². The van der Waals surface area contributed by atoms with Crippen LogP contribution in [0.15, 0.2) is 60.0 Å². The molecule has 0 saturated heterocycles. The molecule has 33 heavy (non-hydrogen) atoms. The van der Waals surface area contributed by atoms with E-state index >= 15 is 0 Å². The van der Waals surface area contributed by atoms with E-state index in [4.69, 9.17) is 16.7 Å². The molecule has 1 aliphatic carbocycles. The van der Waals surface area contributed by atoms with Gasteiger partial charge in [0.15, 0.2) is 5.16 Å². The van der Waals surface area contributed by atoms with Crippen LogP contribution in [0.4, 0.5) is 0 Å². The number of para-hydroxylation sites is 1. The fourth-order valence-electron chi connectivity index (χ4n) is 4.03. The van der Waals surface area contributed by atoms with Crippen LogP contribution in [0, 0.1) is 6.92 Å². The Morgan fingerprint density at radius 3 is 2.82 bits per heavy atom. The van der Waals surface area contributed by atoms with E-state index in [0.717, 1.165) is 41.9 Å². The number of hydrogen-bond donors (Lipinski definition) is 1. The summed E-state index contributed by atoms with van der Waals surface area (Å²) in [4.78, 5) is 12.6. The molecule has 7 nitrogen and oxygen atoms in total. The van der Waals surface area contributed by atoms with E-state index in [1.165, 1.54) is 23.0 Å². The van der Waals surface area contributed by atoms with Crippen LogP contribution in [0.5, 0.6) is 0 Å². The molecule has 9 heteroatoms. The number of rotatable bonds is 7. The molecule has 0 unspecified atom stereocenters. The van der Waals surface area contributed by atoms with E-state index < -0.39 is 0 Å². The van der Waals surface area contributed by atoms with Gasteiger partial charge in [-0.25, -0.2) is 4.68 Å². The number of halogens is 1. The molecule has 168 valence electrons. The number of benzene rings is 2. The first-order valence-corrected chi connectivity index (χ1v) is 12.2. The summed E-state index contributed by atoms with van der Waals surface area (Å²) in [5.41, 5.74) is 6.39. The molecule has 2 heterocycles. The minimum Gasteiger partial charge on any atom is -0.350 e. The minimum absolute atomic E-state index is 0.0718. The molecular formula is C24H23ClN6OS. The molecule has 0 aliphatic heterocycles. The zero-order chi connectivity index (χ0) is 22.8. The van der Waals surface area contributed by atoms with Gasteiger partial charge in [-0.1, -0.05) is 47.6 Å². The van der Waals surface area contributed by atoms with Gasteiger partial charge in [-0.3, -0.25) is 9.36 Å². The van der Waals surface area contributed by atoms with Gasteiger partial charge >= 0.3 is 0 Å². The molecule has 0 bridgehead atoms. The highest BCUT2D eigenvalue weighted by atomic mass is 35.5. The van der Waals surface area contributed by atoms with Gasteiger partial charge in [-0.05, 0) is 61.6 Å². The lowest BCUT2D eigenvalue weighted by atomic mass is 10.2. The monoisotopic (exact) mass is 478 g/mol. The summed E-state index contributed by atoms with van der Waals surface area (Å²) in [7, 11) is 0. The van der Waals surface area contributed by atoms with Crippen molar-refractivity contribution in [2.45, 2.75) is 37.9 Å². The van der Waals surface area contributed by atoms with Crippen LogP contribution < -0.4 is 5.32 Å². The van der Waals surface area contributed by atoms with Gasteiger partial charge in [0.25, 0.3) is 0 Å². The van der Waals surface area contributed by atoms with Crippen molar-refractivity contribution in [2.75, 3.05) is 5.75 Å². The van der Waals surface area contributed by atoms with Crippen molar-refractivity contribution in [3.8, 4) is 11.4 Å². The van der Waals surface area contributed by atoms with Crippen LogP contribution in [-0.4, -0.2) is 36.2 Å². The highest BCUT2D eigenvalue weighted by Gasteiger charge is 2.23. The van der Waals surface area contributed by atoms with Gasteiger partial charge in [0.2, 0.25) is 5.91 Å². The van der Waals surface area contributed by atoms with Crippen LogP contribution in [0.2, 0.25) is 5.02 Å². The first kappa shape index (κ1) is 21.7. The molecule has 5 rings (SSSR count). The lowest BCUT2D eigenvalue weighted by Gasteiger charge is -2.08. The van der Waals surface area contributed by atoms with E-state index in [1.807, 2.05) is 52.6 Å². The lowest BCUT2D eigenvalue weighted by Crippen LogP contribution is -2.25. The predicted molar refractivity (Wildman–Crippen MR) is 129 cm³/mol. The fourth-order valence-corrected chi connectivity index (χ4v) is 4.97. The molecule has 1 N–H and O–H groups in total. The second kappa shape index (κ2) is 9.41. The summed E-state index contributed by atoms with van der Waals surface area (Å²) in [6, 6.07) is 15.9. The normalized spacial score (nSPS) is 12.7. The third-order valence-electron chi connectivity index (χ3n) is 5.75. The standard InChI is InChI=1S/C24H23ClN6OS/c1-16-10-11-18(12-20(16)25)30-15-27-28-24(30)33-14-23(32)26-13-21-19-8-5-9-22(19)31(29-21)17-6-3-2-4-7-17/h2-4,6-7,10-12,15H,5,8-9,13-14H2,1H3,(H,26,32). The van der Waals surface area contributed by atoms with Crippen LogP contribution in [0.25, 0.3) is 11.4 Å². The Morgan fingerprint density at radius 2 is 2.00 bits per heavy atom. The van der Waals surface area contributed by atoms with Crippen molar-refractivity contribution in [3.63, 3.8) is 0 Å². The Morgan fingerprint density at radius 1 is 1.15 bits per heavy atom. The average Bonchev–Trinajstić information content (AvgIpc) is 3.56. The molecule has 4 aromatic rings. The number of nitrogens with zero attached hydrogens (tertiary/aromatic N) is 5. The van der Waals surface area contributed by atoms with Crippen LogP contribution >= 0.6 is 23.4 Å². The van der Waals surface area contributed by atoms with E-state index in [-0.39, 0.29) is 11.7 Å². The molecule has 0 spiro atoms. The quantitative estimate of drug-likeness (QED) is 0.400. The van der Waals surface area contributed by atoms with Gasteiger partial charge in [-0.2, -0.15) is 5.10 Å². The minimum atomic E-state index is -0.0718. The van der Waals surface area contributed by atoms with Gasteiger partial charge in [-0.15, -0.1) is 10.2 Å². The maximum Gasteiger partial charge on any atom is 0.230 e. The largest absolute Gasteiger partial charge is 0.350 e. The van der Waals surface area contributed by atoms with E-state index in [2.05, 4.69) is 27.6 Å². The Bertz CT molecular complexity index is 1300. The number of carbonyl (C=O) groups excluding carboxylic acids is 1. The maximum atomic E-state index is 12.6. The smallest absolute Gasteiger partial charge is 0.230 e. The van der Waals surface area contributed by atoms with E-state index in [0.29, 0.717) is 16.7 Å². The SMILES string of the molecule is Cc1ccc(-n2cnnc2SCC(=O)NCc2nn(-c3ccccc3)c3c2CCC3)cc1Cl. The first-order chi connectivity index (χ1) is 16.1. The summed E-state index contributed by atoms with van der Waals surface area (Å²) < 4.78 is 3.85. The van der Waals surface area contributed by atoms with Gasteiger partial charge in [0, 0.05) is 10.7 Å². The molecule has 2 aromatic heterocycles. The average molecular weight is 479 g/mol. The number of amides is 1. The van der Waals surface area contributed by atoms with Crippen molar-refractivity contribution >= 4 is 29.3 Å². The fraction of sp³-hybridized carbons (Fsp3) is 0.250. The number of aromatic nitrogens is 5. The summed E-state index contributed by atoms with van der Waals surface area (Å²) in [5, 5.41) is 17.3. The molecular weight excluding hydrogens is 456 g/mol. The van der Waals surface area contributed by atoms with Crippen molar-refractivity contribution in [3.05, 3.63) is 82.4 Å².